The maximum Gasteiger partial charge on any atom is 0.416 e. The Kier molecular flexibility index (Phi) is 6.56. The van der Waals surface area contributed by atoms with Crippen LogP contribution in [0.1, 0.15) is 52.2 Å². The highest BCUT2D eigenvalue weighted by molar-refractivity contribution is 5.94. The van der Waals surface area contributed by atoms with Crippen LogP contribution in [0.25, 0.3) is 22.3 Å². The van der Waals surface area contributed by atoms with Crippen LogP contribution in [-0.4, -0.2) is 55.1 Å². The standard InChI is InChI=1S/C27H33N7O4/c1-15-13-19-18(9-8-10-20(19)33(15)7)23-31-24(38-32-23)16(2)29-25-28-12-11-22(30-25)34-21(14-36-26(34)35)17(3)37-27(4,5)6/h8-13,16-17,21H,14H2,1-7H3,(H,28,29,30)/t16?,17-,21-/m1/s1. The lowest BCUT2D eigenvalue weighted by atomic mass is 10.1. The third-order valence-corrected chi connectivity index (χ3v) is 6.60. The third kappa shape index (κ3) is 4.93. The van der Waals surface area contributed by atoms with Crippen molar-refractivity contribution in [2.45, 2.75) is 65.3 Å². The maximum absolute atomic E-state index is 12.6. The zero-order valence-electron chi connectivity index (χ0n) is 22.7. The Morgan fingerprint density at radius 1 is 1.18 bits per heavy atom. The number of hydrogen-bond acceptors (Lipinski definition) is 9. The SMILES string of the molecule is Cc1cc2c(-c3noc(C(C)Nc4nccc(N5C(=O)OC[C@@H]5[C@@H](C)OC(C)(C)C)n4)n3)cccc2n1C. The summed E-state index contributed by atoms with van der Waals surface area (Å²) in [5, 5.41) is 8.49. The summed E-state index contributed by atoms with van der Waals surface area (Å²) < 4.78 is 19.1. The van der Waals surface area contributed by atoms with Gasteiger partial charge in [-0.2, -0.15) is 9.97 Å². The van der Waals surface area contributed by atoms with E-state index in [4.69, 9.17) is 14.0 Å². The molecule has 11 nitrogen and oxygen atoms in total. The van der Waals surface area contributed by atoms with Gasteiger partial charge in [-0.05, 0) is 59.7 Å². The van der Waals surface area contributed by atoms with Crippen molar-refractivity contribution >= 4 is 28.8 Å². The highest BCUT2D eigenvalue weighted by atomic mass is 16.6. The second kappa shape index (κ2) is 9.71. The summed E-state index contributed by atoms with van der Waals surface area (Å²) >= 11 is 0. The molecular formula is C27H33N7O4. The molecule has 11 heteroatoms. The number of hydrogen-bond donors (Lipinski definition) is 1. The number of fused-ring (bicyclic) bond motifs is 1. The molecule has 4 aromatic rings. The Bertz CT molecular complexity index is 1470. The van der Waals surface area contributed by atoms with E-state index in [1.54, 1.807) is 12.3 Å². The van der Waals surface area contributed by atoms with Crippen LogP contribution in [0.15, 0.2) is 41.1 Å². The van der Waals surface area contributed by atoms with Crippen LogP contribution in [0.5, 0.6) is 0 Å². The van der Waals surface area contributed by atoms with Gasteiger partial charge in [0.05, 0.1) is 11.7 Å². The molecule has 0 aliphatic carbocycles. The lowest BCUT2D eigenvalue weighted by Crippen LogP contribution is -2.45. The summed E-state index contributed by atoms with van der Waals surface area (Å²) in [6.07, 6.45) is 0.859. The van der Waals surface area contributed by atoms with Crippen molar-refractivity contribution in [2.75, 3.05) is 16.8 Å². The van der Waals surface area contributed by atoms with Gasteiger partial charge in [-0.3, -0.25) is 4.90 Å². The molecule has 0 radical (unpaired) electrons. The molecule has 1 amide bonds. The van der Waals surface area contributed by atoms with Crippen LogP contribution in [0.3, 0.4) is 0 Å². The lowest BCUT2D eigenvalue weighted by Gasteiger charge is -2.31. The first-order valence-electron chi connectivity index (χ1n) is 12.6. The molecule has 3 aromatic heterocycles. The minimum Gasteiger partial charge on any atom is -0.447 e. The first-order valence-corrected chi connectivity index (χ1v) is 12.6. The number of carbonyl (C=O) groups excluding carboxylic acids is 1. The number of anilines is 2. The van der Waals surface area contributed by atoms with Gasteiger partial charge in [0.2, 0.25) is 17.7 Å². The Hall–Kier alpha value is -3.99. The minimum atomic E-state index is -0.469. The fourth-order valence-corrected chi connectivity index (χ4v) is 4.70. The first kappa shape index (κ1) is 25.7. The molecule has 3 atom stereocenters. The van der Waals surface area contributed by atoms with Crippen LogP contribution in [-0.2, 0) is 16.5 Å². The molecule has 1 aliphatic heterocycles. The van der Waals surface area contributed by atoms with Gasteiger partial charge in [-0.25, -0.2) is 9.78 Å². The first-order chi connectivity index (χ1) is 18.0. The van der Waals surface area contributed by atoms with Crippen molar-refractivity contribution in [3.8, 4) is 11.4 Å². The van der Waals surface area contributed by atoms with Crippen molar-refractivity contribution in [3.63, 3.8) is 0 Å². The number of nitrogens with one attached hydrogen (secondary N) is 1. The summed E-state index contributed by atoms with van der Waals surface area (Å²) in [6.45, 7) is 12.0. The van der Waals surface area contributed by atoms with E-state index in [1.807, 2.05) is 53.8 Å². The second-order valence-electron chi connectivity index (χ2n) is 10.6. The molecule has 0 spiro atoms. The average molecular weight is 520 g/mol. The number of amides is 1. The van der Waals surface area contributed by atoms with Gasteiger partial charge >= 0.3 is 6.09 Å². The number of aryl methyl sites for hydroxylation is 2. The quantitative estimate of drug-likeness (QED) is 0.358. The summed E-state index contributed by atoms with van der Waals surface area (Å²) in [4.78, 5) is 27.6. The van der Waals surface area contributed by atoms with Crippen molar-refractivity contribution in [1.29, 1.82) is 0 Å². The Labute approximate surface area is 221 Å². The van der Waals surface area contributed by atoms with E-state index in [-0.39, 0.29) is 30.4 Å². The van der Waals surface area contributed by atoms with Crippen molar-refractivity contribution < 1.29 is 18.8 Å². The second-order valence-corrected chi connectivity index (χ2v) is 10.6. The maximum atomic E-state index is 12.6. The summed E-state index contributed by atoms with van der Waals surface area (Å²) in [5.41, 5.74) is 2.78. The molecule has 5 rings (SSSR count). The van der Waals surface area contributed by atoms with Crippen LogP contribution in [0.4, 0.5) is 16.6 Å². The lowest BCUT2D eigenvalue weighted by molar-refractivity contribution is -0.0618. The van der Waals surface area contributed by atoms with E-state index < -0.39 is 6.09 Å². The fraction of sp³-hybridized carbons (Fsp3) is 0.444. The number of aromatic nitrogens is 5. The highest BCUT2D eigenvalue weighted by Crippen LogP contribution is 2.30. The summed E-state index contributed by atoms with van der Waals surface area (Å²) in [5.74, 6) is 1.64. The number of rotatable bonds is 7. The molecule has 200 valence electrons. The number of ether oxygens (including phenoxy) is 2. The highest BCUT2D eigenvalue weighted by Gasteiger charge is 2.40. The van der Waals surface area contributed by atoms with E-state index in [0.29, 0.717) is 23.5 Å². The predicted octanol–water partition coefficient (Wildman–Crippen LogP) is 5.03. The molecule has 1 aromatic carbocycles. The van der Waals surface area contributed by atoms with Gasteiger partial charge in [-0.15, -0.1) is 0 Å². The van der Waals surface area contributed by atoms with E-state index in [9.17, 15) is 4.79 Å². The molecular weight excluding hydrogens is 486 g/mol. The van der Waals surface area contributed by atoms with Gasteiger partial charge in [-0.1, -0.05) is 17.3 Å². The number of carbonyl (C=O) groups is 1. The van der Waals surface area contributed by atoms with Crippen molar-refractivity contribution in [1.82, 2.24) is 24.7 Å². The molecule has 1 saturated heterocycles. The smallest absolute Gasteiger partial charge is 0.416 e. The van der Waals surface area contributed by atoms with Gasteiger partial charge in [0.25, 0.3) is 0 Å². The van der Waals surface area contributed by atoms with Gasteiger partial charge in [0.15, 0.2) is 0 Å². The zero-order valence-corrected chi connectivity index (χ0v) is 22.7. The molecule has 38 heavy (non-hydrogen) atoms. The normalized spacial score (nSPS) is 17.6. The van der Waals surface area contributed by atoms with Crippen LogP contribution in [0.2, 0.25) is 0 Å². The minimum absolute atomic E-state index is 0.220. The van der Waals surface area contributed by atoms with E-state index >= 15 is 0 Å². The summed E-state index contributed by atoms with van der Waals surface area (Å²) in [6, 6.07) is 9.13. The predicted molar refractivity (Wildman–Crippen MR) is 143 cm³/mol. The van der Waals surface area contributed by atoms with Crippen LogP contribution < -0.4 is 10.2 Å². The Morgan fingerprint density at radius 3 is 2.74 bits per heavy atom. The van der Waals surface area contributed by atoms with Crippen LogP contribution >= 0.6 is 0 Å². The van der Waals surface area contributed by atoms with Crippen LogP contribution in [0, 0.1) is 6.92 Å². The topological polar surface area (TPSA) is 120 Å². The van der Waals surface area contributed by atoms with Gasteiger partial charge < -0.3 is 23.9 Å². The summed E-state index contributed by atoms with van der Waals surface area (Å²) in [7, 11) is 2.03. The van der Waals surface area contributed by atoms with E-state index in [2.05, 4.69) is 49.0 Å². The van der Waals surface area contributed by atoms with Crippen molar-refractivity contribution in [3.05, 3.63) is 48.1 Å². The monoisotopic (exact) mass is 519 g/mol. The van der Waals surface area contributed by atoms with Crippen molar-refractivity contribution in [2.24, 2.45) is 7.05 Å². The van der Waals surface area contributed by atoms with E-state index in [0.717, 1.165) is 22.2 Å². The van der Waals surface area contributed by atoms with Gasteiger partial charge in [0, 0.05) is 35.4 Å². The molecule has 1 unspecified atom stereocenters. The largest absolute Gasteiger partial charge is 0.447 e. The van der Waals surface area contributed by atoms with Gasteiger partial charge in [0.1, 0.15) is 24.5 Å². The number of nitrogens with zero attached hydrogens (tertiary/aromatic N) is 6. The van der Waals surface area contributed by atoms with E-state index in [1.165, 1.54) is 4.90 Å². The molecule has 0 saturated carbocycles. The zero-order chi connectivity index (χ0) is 27.2. The molecule has 0 bridgehead atoms. The molecule has 1 fully saturated rings. The molecule has 1 N–H and O–H groups in total. The third-order valence-electron chi connectivity index (χ3n) is 6.60. The fourth-order valence-electron chi connectivity index (χ4n) is 4.70. The molecule has 1 aliphatic rings. The number of benzene rings is 1. The molecule has 4 heterocycles. The average Bonchev–Trinajstić information content (AvgIpc) is 3.56. The Morgan fingerprint density at radius 2 is 1.97 bits per heavy atom. The number of cyclic esters (lactones) is 1. The Balaban J connectivity index is 1.35.